The zero-order valence-electron chi connectivity index (χ0n) is 13.9. The first-order valence-electron chi connectivity index (χ1n) is 7.94. The lowest BCUT2D eigenvalue weighted by Gasteiger charge is -2.07. The van der Waals surface area contributed by atoms with E-state index in [2.05, 4.69) is 0 Å². The lowest BCUT2D eigenvalue weighted by Crippen LogP contribution is -2.11. The summed E-state index contributed by atoms with van der Waals surface area (Å²) in [6, 6.07) is 9.69. The molecule has 6 heteroatoms. The van der Waals surface area contributed by atoms with Crippen molar-refractivity contribution in [1.29, 1.82) is 0 Å². The number of aromatic carboxylic acids is 1. The van der Waals surface area contributed by atoms with E-state index in [1.165, 1.54) is 6.07 Å². The quantitative estimate of drug-likeness (QED) is 0.331. The van der Waals surface area contributed by atoms with E-state index >= 15 is 0 Å². The number of benzene rings is 2. The first kappa shape index (κ1) is 18.3. The highest BCUT2D eigenvalue weighted by molar-refractivity contribution is 5.94. The van der Waals surface area contributed by atoms with Crippen LogP contribution in [-0.4, -0.2) is 30.4 Å². The number of allylic oxidation sites excluding steroid dienone is 1. The highest BCUT2D eigenvalue weighted by Gasteiger charge is 2.08. The molecule has 2 aromatic rings. The highest BCUT2D eigenvalue weighted by Crippen LogP contribution is 2.22. The molecule has 0 spiro atoms. The molecule has 6 nitrogen and oxygen atoms in total. The summed E-state index contributed by atoms with van der Waals surface area (Å²) in [5.74, 6) is -0.640. The van der Waals surface area contributed by atoms with Gasteiger partial charge < -0.3 is 19.3 Å². The second-order valence-corrected chi connectivity index (χ2v) is 5.28. The predicted octanol–water partition coefficient (Wildman–Crippen LogP) is 4.38. The number of carbonyl (C=O) groups is 2. The van der Waals surface area contributed by atoms with Crippen molar-refractivity contribution in [2.75, 3.05) is 13.2 Å². The molecule has 0 bridgehead atoms. The summed E-state index contributed by atoms with van der Waals surface area (Å²) in [6.07, 6.45) is 4.12. The topological polar surface area (TPSA) is 82.1 Å². The third-order valence-electron chi connectivity index (χ3n) is 3.37. The minimum atomic E-state index is -0.984. The lowest BCUT2D eigenvalue weighted by atomic mass is 10.1. The van der Waals surface area contributed by atoms with Crippen LogP contribution in [0.25, 0.3) is 10.8 Å². The van der Waals surface area contributed by atoms with E-state index in [1.807, 2.05) is 6.92 Å². The van der Waals surface area contributed by atoms with Crippen molar-refractivity contribution >= 4 is 22.9 Å². The zero-order chi connectivity index (χ0) is 18.1. The van der Waals surface area contributed by atoms with Crippen LogP contribution in [0.3, 0.4) is 0 Å². The van der Waals surface area contributed by atoms with Crippen molar-refractivity contribution in [1.82, 2.24) is 0 Å². The third-order valence-corrected chi connectivity index (χ3v) is 3.37. The van der Waals surface area contributed by atoms with Gasteiger partial charge in [-0.1, -0.05) is 18.2 Å². The molecule has 0 aliphatic carbocycles. The van der Waals surface area contributed by atoms with Crippen LogP contribution in [0.15, 0.2) is 48.7 Å². The third kappa shape index (κ3) is 5.84. The van der Waals surface area contributed by atoms with Crippen molar-refractivity contribution in [2.45, 2.75) is 19.8 Å². The first-order chi connectivity index (χ1) is 12.1. The number of rotatable bonds is 8. The van der Waals surface area contributed by atoms with Crippen LogP contribution in [0.2, 0.25) is 0 Å². The fourth-order valence-electron chi connectivity index (χ4n) is 2.15. The number of ether oxygens (including phenoxy) is 3. The smallest absolute Gasteiger partial charge is 0.502 e. The maximum absolute atomic E-state index is 11.7. The van der Waals surface area contributed by atoms with E-state index in [0.29, 0.717) is 18.8 Å². The van der Waals surface area contributed by atoms with Crippen molar-refractivity contribution in [3.05, 3.63) is 54.3 Å². The molecule has 0 amide bonds. The van der Waals surface area contributed by atoms with Gasteiger partial charge >= 0.3 is 12.1 Å². The molecule has 0 aliphatic rings. The molecule has 132 valence electrons. The van der Waals surface area contributed by atoms with E-state index in [9.17, 15) is 9.59 Å². The molecule has 25 heavy (non-hydrogen) atoms. The first-order valence-corrected chi connectivity index (χ1v) is 7.94. The molecule has 0 heterocycles. The van der Waals surface area contributed by atoms with E-state index in [4.69, 9.17) is 19.3 Å². The second-order valence-electron chi connectivity index (χ2n) is 5.28. The number of carboxylic acids is 1. The molecular weight excluding hydrogens is 324 g/mol. The lowest BCUT2D eigenvalue weighted by molar-refractivity contribution is 0.0696. The fourth-order valence-corrected chi connectivity index (χ4v) is 2.15. The van der Waals surface area contributed by atoms with Crippen LogP contribution in [0.5, 0.6) is 5.75 Å². The Hall–Kier alpha value is -3.02. The largest absolute Gasteiger partial charge is 0.513 e. The SMILES string of the molecule is CC=COCCCCOC(=O)Oc1ccc2cc(C(=O)O)ccc2c1. The molecule has 2 aromatic carbocycles. The van der Waals surface area contributed by atoms with Gasteiger partial charge in [-0.05, 0) is 54.8 Å². The maximum atomic E-state index is 11.7. The van der Waals surface area contributed by atoms with Gasteiger partial charge in [-0.15, -0.1) is 0 Å². The van der Waals surface area contributed by atoms with Gasteiger partial charge in [0.1, 0.15) is 5.75 Å². The molecule has 2 rings (SSSR count). The Bertz CT molecular complexity index is 766. The normalized spacial score (nSPS) is 10.8. The van der Waals surface area contributed by atoms with Crippen LogP contribution in [0.1, 0.15) is 30.1 Å². The van der Waals surface area contributed by atoms with Gasteiger partial charge in [-0.25, -0.2) is 9.59 Å². The average molecular weight is 344 g/mol. The Balaban J connectivity index is 1.82. The van der Waals surface area contributed by atoms with Crippen LogP contribution in [0.4, 0.5) is 4.79 Å². The Morgan fingerprint density at radius 3 is 2.52 bits per heavy atom. The number of hydrogen-bond acceptors (Lipinski definition) is 5. The molecule has 0 aliphatic heterocycles. The molecule has 0 unspecified atom stereocenters. The maximum Gasteiger partial charge on any atom is 0.513 e. The number of fused-ring (bicyclic) bond motifs is 1. The summed E-state index contributed by atoms with van der Waals surface area (Å²) < 4.78 is 15.3. The summed E-state index contributed by atoms with van der Waals surface area (Å²) in [5, 5.41) is 10.5. The van der Waals surface area contributed by atoms with Crippen LogP contribution in [-0.2, 0) is 9.47 Å². The molecule has 0 radical (unpaired) electrons. The van der Waals surface area contributed by atoms with Crippen LogP contribution in [0, 0.1) is 0 Å². The minimum Gasteiger partial charge on any atom is -0.502 e. The molecule has 0 aromatic heterocycles. The van der Waals surface area contributed by atoms with Crippen molar-refractivity contribution in [3.8, 4) is 5.75 Å². The Morgan fingerprint density at radius 2 is 1.76 bits per heavy atom. The number of carbonyl (C=O) groups excluding carboxylic acids is 1. The van der Waals surface area contributed by atoms with Crippen LogP contribution >= 0.6 is 0 Å². The average Bonchev–Trinajstić information content (AvgIpc) is 2.60. The fraction of sp³-hybridized carbons (Fsp3) is 0.263. The summed E-state index contributed by atoms with van der Waals surface area (Å²) in [7, 11) is 0. The summed E-state index contributed by atoms with van der Waals surface area (Å²) in [4.78, 5) is 22.6. The molecule has 0 atom stereocenters. The van der Waals surface area contributed by atoms with Gasteiger partial charge in [-0.3, -0.25) is 0 Å². The van der Waals surface area contributed by atoms with Gasteiger partial charge in [-0.2, -0.15) is 0 Å². The van der Waals surface area contributed by atoms with Crippen LogP contribution < -0.4 is 4.74 Å². The molecule has 0 saturated carbocycles. The standard InChI is InChI=1S/C19H20O6/c1-2-9-23-10-3-4-11-24-19(22)25-17-8-7-14-12-16(18(20)21)6-5-15(14)13-17/h2,5-9,12-13H,3-4,10-11H2,1H3,(H,20,21). The molecule has 0 saturated heterocycles. The second kappa shape index (κ2) is 9.32. The van der Waals surface area contributed by atoms with E-state index < -0.39 is 12.1 Å². The molecule has 0 fully saturated rings. The highest BCUT2D eigenvalue weighted by atomic mass is 16.7. The van der Waals surface area contributed by atoms with Gasteiger partial charge in [0, 0.05) is 0 Å². The number of hydrogen-bond donors (Lipinski definition) is 1. The molecule has 1 N–H and O–H groups in total. The Kier molecular flexibility index (Phi) is 6.83. The van der Waals surface area contributed by atoms with Gasteiger partial charge in [0.05, 0.1) is 25.0 Å². The van der Waals surface area contributed by atoms with E-state index in [1.54, 1.807) is 42.7 Å². The number of carboxylic acid groups (broad SMARTS) is 1. The van der Waals surface area contributed by atoms with Crippen molar-refractivity contribution in [2.24, 2.45) is 0 Å². The Labute approximate surface area is 145 Å². The van der Waals surface area contributed by atoms with Gasteiger partial charge in [0.25, 0.3) is 0 Å². The molecular formula is C19H20O6. The zero-order valence-corrected chi connectivity index (χ0v) is 13.9. The minimum absolute atomic E-state index is 0.207. The summed E-state index contributed by atoms with van der Waals surface area (Å²) in [6.45, 7) is 2.70. The number of unbranched alkanes of at least 4 members (excludes halogenated alkanes) is 1. The summed E-state index contributed by atoms with van der Waals surface area (Å²) in [5.41, 5.74) is 0.207. The predicted molar refractivity (Wildman–Crippen MR) is 92.9 cm³/mol. The van der Waals surface area contributed by atoms with Gasteiger partial charge in [0.2, 0.25) is 0 Å². The van der Waals surface area contributed by atoms with Crippen molar-refractivity contribution in [3.63, 3.8) is 0 Å². The van der Waals surface area contributed by atoms with E-state index in [0.717, 1.165) is 17.2 Å². The monoisotopic (exact) mass is 344 g/mol. The van der Waals surface area contributed by atoms with Gasteiger partial charge in [0.15, 0.2) is 0 Å². The summed E-state index contributed by atoms with van der Waals surface area (Å²) >= 11 is 0. The van der Waals surface area contributed by atoms with E-state index in [-0.39, 0.29) is 12.2 Å². The van der Waals surface area contributed by atoms with Crippen molar-refractivity contribution < 1.29 is 28.9 Å². The Morgan fingerprint density at radius 1 is 1.04 bits per heavy atom.